The molecule has 1 aromatic rings. The molecule has 18 heavy (non-hydrogen) atoms. The van der Waals surface area contributed by atoms with Crippen LogP contribution in [0.1, 0.15) is 60.8 Å². The zero-order chi connectivity index (χ0) is 12.7. The number of allylic oxidation sites excluding steroid dienone is 1. The van der Waals surface area contributed by atoms with Crippen LogP contribution in [0.5, 0.6) is 0 Å². The first-order valence-electron chi connectivity index (χ1n) is 6.47. The van der Waals surface area contributed by atoms with Crippen LogP contribution in [0.25, 0.3) is 6.08 Å². The number of aryl methyl sites for hydroxylation is 1. The minimum absolute atomic E-state index is 0.435. The van der Waals surface area contributed by atoms with Gasteiger partial charge in [0.1, 0.15) is 5.92 Å². The topological polar surface area (TPSA) is 63.1 Å². The maximum absolute atomic E-state index is 11.2. The standard InChI is InChI=1S/C14H16N2O2/c1-8-4-2-6-10-12(8)15-11-7-3-5-9(14(17)18)13(11)16-10/h3,7-9H,2,4-6H2,1H3,(H,17,18). The van der Waals surface area contributed by atoms with Gasteiger partial charge in [0.15, 0.2) is 0 Å². The average molecular weight is 244 g/mol. The van der Waals surface area contributed by atoms with E-state index in [2.05, 4.69) is 16.9 Å². The van der Waals surface area contributed by atoms with Crippen molar-refractivity contribution in [1.29, 1.82) is 0 Å². The van der Waals surface area contributed by atoms with Gasteiger partial charge in [-0.2, -0.15) is 0 Å². The molecule has 0 saturated carbocycles. The van der Waals surface area contributed by atoms with Crippen molar-refractivity contribution < 1.29 is 9.90 Å². The van der Waals surface area contributed by atoms with Gasteiger partial charge in [-0.25, -0.2) is 4.98 Å². The molecule has 0 amide bonds. The number of fused-ring (bicyclic) bond motifs is 2. The van der Waals surface area contributed by atoms with Crippen molar-refractivity contribution in [2.75, 3.05) is 0 Å². The first kappa shape index (κ1) is 11.4. The second kappa shape index (κ2) is 4.19. The smallest absolute Gasteiger partial charge is 0.312 e. The number of carboxylic acids is 1. The van der Waals surface area contributed by atoms with E-state index >= 15 is 0 Å². The lowest BCUT2D eigenvalue weighted by Crippen LogP contribution is -2.21. The predicted molar refractivity (Wildman–Crippen MR) is 67.4 cm³/mol. The van der Waals surface area contributed by atoms with E-state index in [1.807, 2.05) is 12.2 Å². The molecular weight excluding hydrogens is 228 g/mol. The third-order valence-electron chi connectivity index (χ3n) is 3.85. The fourth-order valence-electron chi connectivity index (χ4n) is 2.83. The summed E-state index contributed by atoms with van der Waals surface area (Å²) in [5.41, 5.74) is 3.48. The number of carbonyl (C=O) groups is 1. The summed E-state index contributed by atoms with van der Waals surface area (Å²) in [6.07, 6.45) is 7.50. The first-order valence-corrected chi connectivity index (χ1v) is 6.47. The number of aromatic nitrogens is 2. The SMILES string of the molecule is CC1CCCc2nc3c(nc21)C=CCC3C(=O)O. The van der Waals surface area contributed by atoms with Crippen molar-refractivity contribution in [3.63, 3.8) is 0 Å². The molecule has 0 bridgehead atoms. The van der Waals surface area contributed by atoms with E-state index in [4.69, 9.17) is 0 Å². The highest BCUT2D eigenvalue weighted by Gasteiger charge is 2.29. The Hall–Kier alpha value is -1.71. The van der Waals surface area contributed by atoms with Crippen LogP contribution < -0.4 is 0 Å². The molecule has 3 rings (SSSR count). The zero-order valence-corrected chi connectivity index (χ0v) is 10.4. The molecule has 94 valence electrons. The van der Waals surface area contributed by atoms with E-state index in [1.165, 1.54) is 0 Å². The molecule has 0 aromatic carbocycles. The van der Waals surface area contributed by atoms with Crippen molar-refractivity contribution in [1.82, 2.24) is 9.97 Å². The molecule has 0 radical (unpaired) electrons. The lowest BCUT2D eigenvalue weighted by molar-refractivity contribution is -0.138. The van der Waals surface area contributed by atoms with Gasteiger partial charge in [0.05, 0.1) is 22.8 Å². The second-order valence-electron chi connectivity index (χ2n) is 5.15. The number of aliphatic carboxylic acids is 1. The average Bonchev–Trinajstić information content (AvgIpc) is 2.36. The summed E-state index contributed by atoms with van der Waals surface area (Å²) in [5.74, 6) is -0.899. The van der Waals surface area contributed by atoms with Gasteiger partial charge in [-0.3, -0.25) is 9.78 Å². The zero-order valence-electron chi connectivity index (χ0n) is 10.4. The highest BCUT2D eigenvalue weighted by Crippen LogP contribution is 2.33. The van der Waals surface area contributed by atoms with Crippen LogP contribution in [0, 0.1) is 0 Å². The Morgan fingerprint density at radius 3 is 3.00 bits per heavy atom. The summed E-state index contributed by atoms with van der Waals surface area (Å²) >= 11 is 0. The molecule has 0 saturated heterocycles. The van der Waals surface area contributed by atoms with Gasteiger partial charge < -0.3 is 5.11 Å². The fourth-order valence-corrected chi connectivity index (χ4v) is 2.83. The van der Waals surface area contributed by atoms with Crippen molar-refractivity contribution in [2.24, 2.45) is 0 Å². The van der Waals surface area contributed by atoms with Gasteiger partial charge in [-0.15, -0.1) is 0 Å². The van der Waals surface area contributed by atoms with Crippen LogP contribution in [-0.2, 0) is 11.2 Å². The summed E-state index contributed by atoms with van der Waals surface area (Å²) in [4.78, 5) is 20.5. The molecule has 4 nitrogen and oxygen atoms in total. The van der Waals surface area contributed by atoms with Gasteiger partial charge in [-0.05, 0) is 31.8 Å². The Labute approximate surface area is 106 Å². The molecule has 1 N–H and O–H groups in total. The Morgan fingerprint density at radius 2 is 2.22 bits per heavy atom. The van der Waals surface area contributed by atoms with E-state index in [1.54, 1.807) is 0 Å². The van der Waals surface area contributed by atoms with Crippen LogP contribution in [0.3, 0.4) is 0 Å². The first-order chi connectivity index (χ1) is 8.66. The summed E-state index contributed by atoms with van der Waals surface area (Å²) in [7, 11) is 0. The minimum atomic E-state index is -0.807. The van der Waals surface area contributed by atoms with Crippen LogP contribution in [0.2, 0.25) is 0 Å². The van der Waals surface area contributed by atoms with Gasteiger partial charge in [0, 0.05) is 5.92 Å². The molecule has 1 aromatic heterocycles. The van der Waals surface area contributed by atoms with Gasteiger partial charge in [-0.1, -0.05) is 13.0 Å². The molecule has 2 aliphatic rings. The largest absolute Gasteiger partial charge is 0.481 e. The lowest BCUT2D eigenvalue weighted by Gasteiger charge is -2.24. The molecule has 0 spiro atoms. The van der Waals surface area contributed by atoms with E-state index in [0.717, 1.165) is 36.3 Å². The molecule has 2 aliphatic carbocycles. The fraction of sp³-hybridized carbons (Fsp3) is 0.500. The van der Waals surface area contributed by atoms with Crippen molar-refractivity contribution in [3.8, 4) is 0 Å². The molecule has 4 heteroatoms. The monoisotopic (exact) mass is 244 g/mol. The van der Waals surface area contributed by atoms with Gasteiger partial charge in [0.25, 0.3) is 0 Å². The van der Waals surface area contributed by atoms with Crippen LogP contribution >= 0.6 is 0 Å². The van der Waals surface area contributed by atoms with Crippen molar-refractivity contribution in [2.45, 2.75) is 44.4 Å². The van der Waals surface area contributed by atoms with Crippen LogP contribution in [0.4, 0.5) is 0 Å². The summed E-state index contributed by atoms with van der Waals surface area (Å²) < 4.78 is 0. The van der Waals surface area contributed by atoms with E-state index in [0.29, 0.717) is 18.0 Å². The van der Waals surface area contributed by atoms with Gasteiger partial charge >= 0.3 is 5.97 Å². The van der Waals surface area contributed by atoms with E-state index in [9.17, 15) is 9.90 Å². The van der Waals surface area contributed by atoms with E-state index < -0.39 is 11.9 Å². The molecular formula is C14H16N2O2. The third-order valence-corrected chi connectivity index (χ3v) is 3.85. The maximum Gasteiger partial charge on any atom is 0.312 e. The van der Waals surface area contributed by atoms with Crippen LogP contribution in [0.15, 0.2) is 6.08 Å². The highest BCUT2D eigenvalue weighted by molar-refractivity contribution is 5.78. The number of hydrogen-bond donors (Lipinski definition) is 1. The summed E-state index contributed by atoms with van der Waals surface area (Å²) in [6, 6.07) is 0. The number of nitrogens with zero attached hydrogens (tertiary/aromatic N) is 2. The normalized spacial score (nSPS) is 25.4. The summed E-state index contributed by atoms with van der Waals surface area (Å²) in [6.45, 7) is 2.17. The molecule has 0 fully saturated rings. The lowest BCUT2D eigenvalue weighted by atomic mass is 9.88. The number of carboxylic acid groups (broad SMARTS) is 1. The molecule has 1 heterocycles. The maximum atomic E-state index is 11.2. The second-order valence-corrected chi connectivity index (χ2v) is 5.15. The Morgan fingerprint density at radius 1 is 1.39 bits per heavy atom. The minimum Gasteiger partial charge on any atom is -0.481 e. The molecule has 0 aliphatic heterocycles. The number of rotatable bonds is 1. The van der Waals surface area contributed by atoms with E-state index in [-0.39, 0.29) is 0 Å². The molecule has 2 atom stereocenters. The van der Waals surface area contributed by atoms with Gasteiger partial charge in [0.2, 0.25) is 0 Å². The Kier molecular flexibility index (Phi) is 2.65. The van der Waals surface area contributed by atoms with Crippen LogP contribution in [-0.4, -0.2) is 21.0 Å². The predicted octanol–water partition coefficient (Wildman–Crippen LogP) is 2.50. The van der Waals surface area contributed by atoms with Crippen molar-refractivity contribution >= 4 is 12.0 Å². The third kappa shape index (κ3) is 1.72. The summed E-state index contributed by atoms with van der Waals surface area (Å²) in [5, 5.41) is 9.24. The van der Waals surface area contributed by atoms with Crippen molar-refractivity contribution in [3.05, 3.63) is 28.9 Å². The Bertz CT molecular complexity index is 537. The number of hydrogen-bond acceptors (Lipinski definition) is 3. The Balaban J connectivity index is 2.13. The highest BCUT2D eigenvalue weighted by atomic mass is 16.4. The molecule has 2 unspecified atom stereocenters. The quantitative estimate of drug-likeness (QED) is 0.824.